The van der Waals surface area contributed by atoms with Gasteiger partial charge in [-0.1, -0.05) is 5.16 Å². The first-order chi connectivity index (χ1) is 7.22. The minimum Gasteiger partial charge on any atom is -0.361 e. The summed E-state index contributed by atoms with van der Waals surface area (Å²) in [6, 6.07) is 0. The maximum Gasteiger partial charge on any atom is 0.143 e. The number of aryl methyl sites for hydroxylation is 2. The van der Waals surface area contributed by atoms with E-state index in [2.05, 4.69) is 15.5 Å². The van der Waals surface area contributed by atoms with Crippen LogP contribution < -0.4 is 5.32 Å². The highest BCUT2D eigenvalue weighted by molar-refractivity contribution is 7.09. The summed E-state index contributed by atoms with van der Waals surface area (Å²) in [5, 5.41) is 10.1. The fourth-order valence-corrected chi connectivity index (χ4v) is 2.30. The zero-order valence-corrected chi connectivity index (χ0v) is 11.0. The van der Waals surface area contributed by atoms with E-state index in [1.54, 1.807) is 11.3 Å². The average Bonchev–Trinajstić information content (AvgIpc) is 2.75. The molecule has 16 heavy (non-hydrogen) atoms. The molecule has 6 heteroatoms. The standard InChI is InChI=1S/C10H13N3OS.ClH/c1-6-10(7(2)14-13-6)8-5-15-9(12-8)4-11-3;/h5,11H,4H2,1-3H3;1H. The van der Waals surface area contributed by atoms with Crippen molar-refractivity contribution in [2.45, 2.75) is 20.4 Å². The molecule has 2 aromatic heterocycles. The number of halogens is 1. The molecule has 4 nitrogen and oxygen atoms in total. The number of nitrogens with one attached hydrogen (secondary N) is 1. The van der Waals surface area contributed by atoms with Crippen molar-refractivity contribution in [1.29, 1.82) is 0 Å². The zero-order valence-electron chi connectivity index (χ0n) is 9.40. The van der Waals surface area contributed by atoms with Gasteiger partial charge in [-0.05, 0) is 20.9 Å². The van der Waals surface area contributed by atoms with Crippen LogP contribution in [0.4, 0.5) is 0 Å². The lowest BCUT2D eigenvalue weighted by atomic mass is 10.1. The van der Waals surface area contributed by atoms with Crippen LogP contribution in [0.25, 0.3) is 11.3 Å². The van der Waals surface area contributed by atoms with Gasteiger partial charge in [-0.3, -0.25) is 0 Å². The largest absolute Gasteiger partial charge is 0.361 e. The van der Waals surface area contributed by atoms with Crippen molar-refractivity contribution in [3.8, 4) is 11.3 Å². The third kappa shape index (κ3) is 2.42. The molecule has 0 atom stereocenters. The Morgan fingerprint density at radius 1 is 1.44 bits per heavy atom. The summed E-state index contributed by atoms with van der Waals surface area (Å²) in [6.45, 7) is 4.64. The predicted molar refractivity (Wildman–Crippen MR) is 67.1 cm³/mol. The Hall–Kier alpha value is -0.910. The van der Waals surface area contributed by atoms with Crippen molar-refractivity contribution in [2.75, 3.05) is 7.05 Å². The number of hydrogen-bond donors (Lipinski definition) is 1. The second-order valence-corrected chi connectivity index (χ2v) is 4.30. The van der Waals surface area contributed by atoms with E-state index in [4.69, 9.17) is 4.52 Å². The van der Waals surface area contributed by atoms with E-state index in [0.717, 1.165) is 34.3 Å². The SMILES string of the molecule is CNCc1nc(-c2c(C)noc2C)cs1.Cl. The van der Waals surface area contributed by atoms with Crippen molar-refractivity contribution in [3.63, 3.8) is 0 Å². The third-order valence-corrected chi connectivity index (χ3v) is 3.02. The van der Waals surface area contributed by atoms with Gasteiger partial charge in [0.2, 0.25) is 0 Å². The molecule has 0 bridgehead atoms. The highest BCUT2D eigenvalue weighted by Crippen LogP contribution is 2.27. The molecule has 0 aromatic carbocycles. The van der Waals surface area contributed by atoms with E-state index >= 15 is 0 Å². The first kappa shape index (κ1) is 13.2. The van der Waals surface area contributed by atoms with E-state index in [1.807, 2.05) is 26.3 Å². The van der Waals surface area contributed by atoms with Crippen molar-refractivity contribution in [3.05, 3.63) is 21.8 Å². The first-order valence-corrected chi connectivity index (χ1v) is 5.62. The van der Waals surface area contributed by atoms with Crippen LogP contribution in [0, 0.1) is 13.8 Å². The van der Waals surface area contributed by atoms with Crippen molar-refractivity contribution in [1.82, 2.24) is 15.5 Å². The first-order valence-electron chi connectivity index (χ1n) is 4.74. The normalized spacial score (nSPS) is 10.2. The monoisotopic (exact) mass is 259 g/mol. The predicted octanol–water partition coefficient (Wildman–Crippen LogP) is 2.56. The van der Waals surface area contributed by atoms with E-state index in [-0.39, 0.29) is 12.4 Å². The molecule has 0 fully saturated rings. The highest BCUT2D eigenvalue weighted by Gasteiger charge is 2.14. The summed E-state index contributed by atoms with van der Waals surface area (Å²) < 4.78 is 5.12. The van der Waals surface area contributed by atoms with Gasteiger partial charge in [0.15, 0.2) is 0 Å². The molecule has 88 valence electrons. The lowest BCUT2D eigenvalue weighted by Gasteiger charge is -1.93. The van der Waals surface area contributed by atoms with Crippen LogP contribution in [0.5, 0.6) is 0 Å². The van der Waals surface area contributed by atoms with Crippen molar-refractivity contribution in [2.24, 2.45) is 0 Å². The number of nitrogens with zero attached hydrogens (tertiary/aromatic N) is 2. The fourth-order valence-electron chi connectivity index (χ4n) is 1.51. The molecule has 0 radical (unpaired) electrons. The molecule has 0 saturated carbocycles. The van der Waals surface area contributed by atoms with Gasteiger partial charge in [0.1, 0.15) is 10.8 Å². The summed E-state index contributed by atoms with van der Waals surface area (Å²) in [6.07, 6.45) is 0. The molecular weight excluding hydrogens is 246 g/mol. The highest BCUT2D eigenvalue weighted by atomic mass is 35.5. The lowest BCUT2D eigenvalue weighted by molar-refractivity contribution is 0.393. The smallest absolute Gasteiger partial charge is 0.143 e. The van der Waals surface area contributed by atoms with Crippen LogP contribution >= 0.6 is 23.7 Å². The summed E-state index contributed by atoms with van der Waals surface area (Å²) in [5.41, 5.74) is 2.88. The van der Waals surface area contributed by atoms with Crippen LogP contribution in [0.2, 0.25) is 0 Å². The third-order valence-electron chi connectivity index (χ3n) is 2.17. The Kier molecular flexibility index (Phi) is 4.46. The fraction of sp³-hybridized carbons (Fsp3) is 0.400. The number of aromatic nitrogens is 2. The number of rotatable bonds is 3. The van der Waals surface area contributed by atoms with Crippen molar-refractivity contribution >= 4 is 23.7 Å². The quantitative estimate of drug-likeness (QED) is 0.920. The van der Waals surface area contributed by atoms with Crippen LogP contribution in [-0.4, -0.2) is 17.2 Å². The van der Waals surface area contributed by atoms with E-state index in [1.165, 1.54) is 0 Å². The molecule has 0 spiro atoms. The van der Waals surface area contributed by atoms with Gasteiger partial charge in [0.25, 0.3) is 0 Å². The molecule has 0 aliphatic carbocycles. The summed E-state index contributed by atoms with van der Waals surface area (Å²) in [7, 11) is 1.91. The second kappa shape index (κ2) is 5.43. The Balaban J connectivity index is 0.00000128. The van der Waals surface area contributed by atoms with Gasteiger partial charge >= 0.3 is 0 Å². The Labute approximate surface area is 104 Å². The van der Waals surface area contributed by atoms with Gasteiger partial charge in [0, 0.05) is 11.9 Å². The molecule has 0 saturated heterocycles. The second-order valence-electron chi connectivity index (χ2n) is 3.36. The van der Waals surface area contributed by atoms with E-state index in [0.29, 0.717) is 0 Å². The van der Waals surface area contributed by atoms with Gasteiger partial charge in [-0.25, -0.2) is 4.98 Å². The van der Waals surface area contributed by atoms with Crippen LogP contribution in [0.1, 0.15) is 16.5 Å². The van der Waals surface area contributed by atoms with Gasteiger partial charge in [-0.2, -0.15) is 0 Å². The lowest BCUT2D eigenvalue weighted by Crippen LogP contribution is -2.04. The Morgan fingerprint density at radius 3 is 2.75 bits per heavy atom. The van der Waals surface area contributed by atoms with Crippen LogP contribution in [0.3, 0.4) is 0 Å². The molecule has 2 heterocycles. The molecule has 2 aromatic rings. The van der Waals surface area contributed by atoms with Crippen LogP contribution in [-0.2, 0) is 6.54 Å². The molecule has 0 amide bonds. The molecular formula is C10H14ClN3OS. The van der Waals surface area contributed by atoms with Gasteiger partial charge < -0.3 is 9.84 Å². The van der Waals surface area contributed by atoms with Gasteiger partial charge in [0.05, 0.1) is 17.0 Å². The Bertz CT molecular complexity index is 447. The van der Waals surface area contributed by atoms with Gasteiger partial charge in [-0.15, -0.1) is 23.7 Å². The average molecular weight is 260 g/mol. The maximum absolute atomic E-state index is 5.12. The maximum atomic E-state index is 5.12. The van der Waals surface area contributed by atoms with Crippen molar-refractivity contribution < 1.29 is 4.52 Å². The number of hydrogen-bond acceptors (Lipinski definition) is 5. The van der Waals surface area contributed by atoms with E-state index in [9.17, 15) is 0 Å². The number of thiazole rings is 1. The zero-order chi connectivity index (χ0) is 10.8. The minimum atomic E-state index is 0. The minimum absolute atomic E-state index is 0. The molecule has 1 N–H and O–H groups in total. The summed E-state index contributed by atoms with van der Waals surface area (Å²) >= 11 is 1.65. The summed E-state index contributed by atoms with van der Waals surface area (Å²) in [5.74, 6) is 0.828. The molecule has 0 aliphatic heterocycles. The molecule has 0 unspecified atom stereocenters. The summed E-state index contributed by atoms with van der Waals surface area (Å²) in [4.78, 5) is 4.52. The molecule has 0 aliphatic rings. The topological polar surface area (TPSA) is 51.0 Å². The van der Waals surface area contributed by atoms with Crippen LogP contribution in [0.15, 0.2) is 9.90 Å². The molecule has 2 rings (SSSR count). The Morgan fingerprint density at radius 2 is 2.19 bits per heavy atom. The van der Waals surface area contributed by atoms with E-state index < -0.39 is 0 Å².